The molecule has 0 bridgehead atoms. The number of fused-ring (bicyclic) bond motifs is 3. The van der Waals surface area contributed by atoms with E-state index in [4.69, 9.17) is 4.74 Å². The predicted molar refractivity (Wildman–Crippen MR) is 111 cm³/mol. The third-order valence-corrected chi connectivity index (χ3v) is 6.82. The number of allylic oxidation sites excluding steroid dienone is 2. The van der Waals surface area contributed by atoms with Crippen LogP contribution in [0.5, 0.6) is 5.75 Å². The maximum Gasteiger partial charge on any atom is 0.142 e. The van der Waals surface area contributed by atoms with Crippen molar-refractivity contribution in [1.82, 2.24) is 0 Å². The summed E-state index contributed by atoms with van der Waals surface area (Å²) in [4.78, 5) is 0. The standard InChI is InChI=1S/C25H23NO/c1-27-22-10-4-9-20-17-6-3-8-19(17)24(26-25(20)22)21-14-13-16-12-11-15-5-2-7-18(21)23(15)16/h2-7,9-10,13-14,17,19,24,26H,8,11-12H2,1H3/t17-,19+,24-/m1/s1. The number of nitrogens with one attached hydrogen (secondary N) is 1. The maximum atomic E-state index is 5.69. The molecule has 1 heterocycles. The first-order chi connectivity index (χ1) is 13.3. The zero-order chi connectivity index (χ0) is 18.0. The molecule has 2 aliphatic carbocycles. The molecule has 0 saturated carbocycles. The number of anilines is 1. The van der Waals surface area contributed by atoms with E-state index in [0.29, 0.717) is 17.9 Å². The molecule has 0 radical (unpaired) electrons. The molecule has 2 nitrogen and oxygen atoms in total. The fraction of sp³-hybridized carbons (Fsp3) is 0.280. The lowest BCUT2D eigenvalue weighted by atomic mass is 9.76. The Morgan fingerprint density at radius 2 is 1.78 bits per heavy atom. The first-order valence-electron chi connectivity index (χ1n) is 9.98. The molecule has 3 aromatic rings. The molecule has 0 fully saturated rings. The first-order valence-corrected chi connectivity index (χ1v) is 9.98. The Balaban J connectivity index is 1.56. The summed E-state index contributed by atoms with van der Waals surface area (Å²) in [5, 5.41) is 6.83. The molecule has 27 heavy (non-hydrogen) atoms. The van der Waals surface area contributed by atoms with Gasteiger partial charge in [-0.05, 0) is 64.3 Å². The maximum absolute atomic E-state index is 5.69. The molecular formula is C25H23NO. The minimum absolute atomic E-state index is 0.304. The van der Waals surface area contributed by atoms with Crippen molar-refractivity contribution in [3.05, 3.63) is 82.9 Å². The van der Waals surface area contributed by atoms with Gasteiger partial charge in [-0.25, -0.2) is 0 Å². The molecule has 3 aliphatic rings. The topological polar surface area (TPSA) is 21.3 Å². The van der Waals surface area contributed by atoms with E-state index in [0.717, 1.165) is 12.2 Å². The summed E-state index contributed by atoms with van der Waals surface area (Å²) in [5.74, 6) is 1.97. The second-order valence-electron chi connectivity index (χ2n) is 8.05. The predicted octanol–water partition coefficient (Wildman–Crippen LogP) is 5.77. The highest BCUT2D eigenvalue weighted by Crippen LogP contribution is 2.53. The van der Waals surface area contributed by atoms with Crippen LogP contribution in [-0.2, 0) is 12.8 Å². The second kappa shape index (κ2) is 5.63. The van der Waals surface area contributed by atoms with Gasteiger partial charge < -0.3 is 10.1 Å². The van der Waals surface area contributed by atoms with E-state index in [1.54, 1.807) is 7.11 Å². The van der Waals surface area contributed by atoms with Gasteiger partial charge in [-0.2, -0.15) is 0 Å². The van der Waals surface area contributed by atoms with Crippen molar-refractivity contribution in [3.8, 4) is 5.75 Å². The zero-order valence-corrected chi connectivity index (χ0v) is 15.5. The molecule has 3 atom stereocenters. The van der Waals surface area contributed by atoms with E-state index in [2.05, 4.69) is 66.0 Å². The molecule has 134 valence electrons. The van der Waals surface area contributed by atoms with E-state index in [1.165, 1.54) is 51.6 Å². The van der Waals surface area contributed by atoms with Crippen molar-refractivity contribution in [3.63, 3.8) is 0 Å². The van der Waals surface area contributed by atoms with Gasteiger partial charge in [0.05, 0.1) is 18.8 Å². The summed E-state index contributed by atoms with van der Waals surface area (Å²) in [7, 11) is 1.77. The minimum Gasteiger partial charge on any atom is -0.495 e. The average Bonchev–Trinajstić information content (AvgIpc) is 3.36. The van der Waals surface area contributed by atoms with Crippen LogP contribution >= 0.6 is 0 Å². The highest BCUT2D eigenvalue weighted by atomic mass is 16.5. The van der Waals surface area contributed by atoms with Gasteiger partial charge in [0.25, 0.3) is 0 Å². The van der Waals surface area contributed by atoms with Crippen LogP contribution < -0.4 is 10.1 Å². The van der Waals surface area contributed by atoms with Crippen LogP contribution in [-0.4, -0.2) is 7.11 Å². The van der Waals surface area contributed by atoms with E-state index in [-0.39, 0.29) is 0 Å². The van der Waals surface area contributed by atoms with Crippen LogP contribution in [0.25, 0.3) is 10.8 Å². The van der Waals surface area contributed by atoms with Crippen LogP contribution in [0.2, 0.25) is 0 Å². The van der Waals surface area contributed by atoms with Crippen molar-refractivity contribution in [1.29, 1.82) is 0 Å². The molecule has 0 aromatic heterocycles. The van der Waals surface area contributed by atoms with Gasteiger partial charge in [0.15, 0.2) is 0 Å². The quantitative estimate of drug-likeness (QED) is 0.590. The number of hydrogen-bond acceptors (Lipinski definition) is 2. The van der Waals surface area contributed by atoms with Crippen LogP contribution in [0.3, 0.4) is 0 Å². The third-order valence-electron chi connectivity index (χ3n) is 6.82. The molecule has 0 amide bonds. The summed E-state index contributed by atoms with van der Waals surface area (Å²) in [6.07, 6.45) is 8.24. The molecule has 2 heteroatoms. The Morgan fingerprint density at radius 1 is 0.926 bits per heavy atom. The Hall–Kier alpha value is -2.74. The summed E-state index contributed by atoms with van der Waals surface area (Å²) >= 11 is 0. The fourth-order valence-electron chi connectivity index (χ4n) is 5.61. The Bertz CT molecular complexity index is 1090. The van der Waals surface area contributed by atoms with E-state index >= 15 is 0 Å². The fourth-order valence-corrected chi connectivity index (χ4v) is 5.61. The van der Waals surface area contributed by atoms with E-state index < -0.39 is 0 Å². The summed E-state index contributed by atoms with van der Waals surface area (Å²) in [6, 6.07) is 18.3. The van der Waals surface area contributed by atoms with Crippen molar-refractivity contribution >= 4 is 16.5 Å². The lowest BCUT2D eigenvalue weighted by Crippen LogP contribution is -2.29. The van der Waals surface area contributed by atoms with Crippen molar-refractivity contribution in [2.75, 3.05) is 12.4 Å². The minimum atomic E-state index is 0.304. The molecule has 0 unspecified atom stereocenters. The molecule has 1 aliphatic heterocycles. The van der Waals surface area contributed by atoms with Gasteiger partial charge in [0.2, 0.25) is 0 Å². The second-order valence-corrected chi connectivity index (χ2v) is 8.05. The molecule has 3 aromatic carbocycles. The molecule has 1 N–H and O–H groups in total. The number of methoxy groups -OCH3 is 1. The summed E-state index contributed by atoms with van der Waals surface area (Å²) < 4.78 is 5.69. The van der Waals surface area contributed by atoms with Crippen LogP contribution in [0.4, 0.5) is 5.69 Å². The SMILES string of the molecule is COc1cccc2c1N[C@@H](c1ccc3c4c(cccc14)CC3)[C@H]1CC=C[C@@H]21. The highest BCUT2D eigenvalue weighted by Gasteiger charge is 2.39. The van der Waals surface area contributed by atoms with Crippen LogP contribution in [0, 0.1) is 5.92 Å². The van der Waals surface area contributed by atoms with Crippen molar-refractivity contribution in [2.45, 2.75) is 31.2 Å². The van der Waals surface area contributed by atoms with Gasteiger partial charge in [-0.15, -0.1) is 0 Å². The third kappa shape index (κ3) is 2.07. The number of para-hydroxylation sites is 1. The smallest absolute Gasteiger partial charge is 0.142 e. The number of hydrogen-bond donors (Lipinski definition) is 1. The monoisotopic (exact) mass is 353 g/mol. The number of aryl methyl sites for hydroxylation is 2. The van der Waals surface area contributed by atoms with Crippen molar-refractivity contribution in [2.24, 2.45) is 5.92 Å². The number of rotatable bonds is 2. The molecule has 0 spiro atoms. The normalized spacial score (nSPS) is 24.6. The highest BCUT2D eigenvalue weighted by molar-refractivity contribution is 5.94. The molecule has 0 saturated heterocycles. The Morgan fingerprint density at radius 3 is 2.67 bits per heavy atom. The van der Waals surface area contributed by atoms with Gasteiger partial charge >= 0.3 is 0 Å². The van der Waals surface area contributed by atoms with E-state index in [1.807, 2.05) is 0 Å². The summed E-state index contributed by atoms with van der Waals surface area (Å²) in [5.41, 5.74) is 7.00. The van der Waals surface area contributed by atoms with Gasteiger partial charge in [-0.3, -0.25) is 0 Å². The molecule has 6 rings (SSSR count). The number of ether oxygens (including phenoxy) is 1. The lowest BCUT2D eigenvalue weighted by Gasteiger charge is -2.38. The van der Waals surface area contributed by atoms with Crippen molar-refractivity contribution < 1.29 is 4.74 Å². The van der Waals surface area contributed by atoms with E-state index in [9.17, 15) is 0 Å². The van der Waals surface area contributed by atoms with Crippen LogP contribution in [0.15, 0.2) is 60.7 Å². The lowest BCUT2D eigenvalue weighted by molar-refractivity contribution is 0.398. The first kappa shape index (κ1) is 15.3. The Kier molecular flexibility index (Phi) is 3.19. The van der Waals surface area contributed by atoms with Gasteiger partial charge in [-0.1, -0.05) is 54.6 Å². The largest absolute Gasteiger partial charge is 0.495 e. The van der Waals surface area contributed by atoms with Gasteiger partial charge in [0.1, 0.15) is 5.75 Å². The average molecular weight is 353 g/mol. The van der Waals surface area contributed by atoms with Gasteiger partial charge in [0, 0.05) is 5.92 Å². The zero-order valence-electron chi connectivity index (χ0n) is 15.5. The van der Waals surface area contributed by atoms with Crippen LogP contribution in [0.1, 0.15) is 40.6 Å². The molecular weight excluding hydrogens is 330 g/mol. The number of benzene rings is 3. The summed E-state index contributed by atoms with van der Waals surface area (Å²) in [6.45, 7) is 0. The Labute approximate surface area is 159 Å².